The van der Waals surface area contributed by atoms with Crippen molar-refractivity contribution in [2.45, 2.75) is 4.90 Å². The van der Waals surface area contributed by atoms with Crippen molar-refractivity contribution < 1.29 is 13.2 Å². The summed E-state index contributed by atoms with van der Waals surface area (Å²) < 4.78 is 26.6. The monoisotopic (exact) mass is 351 g/mol. The van der Waals surface area contributed by atoms with Gasteiger partial charge >= 0.3 is 0 Å². The SMILES string of the molecule is O=C(CNS(=O)(=O)c1cccc(Cl)c1Cl)N1CCNCC1. The molecular formula is C12H15Cl2N3O3S. The highest BCUT2D eigenvalue weighted by atomic mass is 35.5. The number of carbonyl (C=O) groups is 1. The summed E-state index contributed by atoms with van der Waals surface area (Å²) in [5.41, 5.74) is 0. The molecule has 1 heterocycles. The second-order valence-corrected chi connectivity index (χ2v) is 7.03. The molecule has 1 aromatic carbocycles. The molecule has 21 heavy (non-hydrogen) atoms. The van der Waals surface area contributed by atoms with Crippen molar-refractivity contribution in [1.29, 1.82) is 0 Å². The number of rotatable bonds is 4. The van der Waals surface area contributed by atoms with Crippen molar-refractivity contribution in [2.24, 2.45) is 0 Å². The Kier molecular flexibility index (Phi) is 5.45. The summed E-state index contributed by atoms with van der Waals surface area (Å²) >= 11 is 11.7. The largest absolute Gasteiger partial charge is 0.339 e. The zero-order valence-corrected chi connectivity index (χ0v) is 13.4. The molecule has 0 spiro atoms. The lowest BCUT2D eigenvalue weighted by Gasteiger charge is -2.27. The van der Waals surface area contributed by atoms with Gasteiger partial charge in [-0.05, 0) is 12.1 Å². The van der Waals surface area contributed by atoms with Crippen molar-refractivity contribution in [2.75, 3.05) is 32.7 Å². The number of hydrogen-bond donors (Lipinski definition) is 2. The fourth-order valence-corrected chi connectivity index (χ4v) is 3.69. The Morgan fingerprint density at radius 3 is 2.62 bits per heavy atom. The molecule has 9 heteroatoms. The third-order valence-corrected chi connectivity index (χ3v) is 5.46. The van der Waals surface area contributed by atoms with Crippen LogP contribution in [0.15, 0.2) is 23.1 Å². The standard InChI is InChI=1S/C12H15Cl2N3O3S/c13-9-2-1-3-10(12(9)14)21(19,20)16-8-11(18)17-6-4-15-5-7-17/h1-3,15-16H,4-8H2. The van der Waals surface area contributed by atoms with E-state index >= 15 is 0 Å². The molecule has 1 saturated heterocycles. The molecule has 2 rings (SSSR count). The highest BCUT2D eigenvalue weighted by Gasteiger charge is 2.22. The van der Waals surface area contributed by atoms with Gasteiger partial charge in [0.25, 0.3) is 0 Å². The first kappa shape index (κ1) is 16.5. The van der Waals surface area contributed by atoms with Crippen molar-refractivity contribution >= 4 is 39.1 Å². The average molecular weight is 352 g/mol. The molecule has 0 radical (unpaired) electrons. The van der Waals surface area contributed by atoms with Crippen LogP contribution in [0.25, 0.3) is 0 Å². The number of piperazine rings is 1. The number of amides is 1. The van der Waals surface area contributed by atoms with Crippen LogP contribution in [0.2, 0.25) is 10.0 Å². The molecular weight excluding hydrogens is 337 g/mol. The van der Waals surface area contributed by atoms with Crippen LogP contribution in [0.4, 0.5) is 0 Å². The van der Waals surface area contributed by atoms with Gasteiger partial charge in [0, 0.05) is 26.2 Å². The van der Waals surface area contributed by atoms with Crippen molar-refractivity contribution in [3.05, 3.63) is 28.2 Å². The Labute approximate surface area is 133 Å². The van der Waals surface area contributed by atoms with E-state index in [1.165, 1.54) is 18.2 Å². The zero-order chi connectivity index (χ0) is 15.5. The van der Waals surface area contributed by atoms with Crippen LogP contribution in [0.3, 0.4) is 0 Å². The fourth-order valence-electron chi connectivity index (χ4n) is 1.95. The number of sulfonamides is 1. The highest BCUT2D eigenvalue weighted by Crippen LogP contribution is 2.28. The Morgan fingerprint density at radius 1 is 1.29 bits per heavy atom. The quantitative estimate of drug-likeness (QED) is 0.836. The van der Waals surface area contributed by atoms with Gasteiger partial charge < -0.3 is 10.2 Å². The van der Waals surface area contributed by atoms with Crippen LogP contribution < -0.4 is 10.0 Å². The molecule has 1 amide bonds. The van der Waals surface area contributed by atoms with Gasteiger partial charge in [0.2, 0.25) is 15.9 Å². The first-order valence-corrected chi connectivity index (χ1v) is 8.58. The summed E-state index contributed by atoms with van der Waals surface area (Å²) in [4.78, 5) is 13.4. The molecule has 116 valence electrons. The van der Waals surface area contributed by atoms with E-state index in [0.29, 0.717) is 26.2 Å². The van der Waals surface area contributed by atoms with E-state index in [-0.39, 0.29) is 27.4 Å². The third-order valence-electron chi connectivity index (χ3n) is 3.09. The first-order valence-electron chi connectivity index (χ1n) is 6.34. The Balaban J connectivity index is 2.04. The van der Waals surface area contributed by atoms with Gasteiger partial charge in [-0.15, -0.1) is 0 Å². The van der Waals surface area contributed by atoms with Gasteiger partial charge in [0.15, 0.2) is 0 Å². The zero-order valence-electron chi connectivity index (χ0n) is 11.1. The molecule has 6 nitrogen and oxygen atoms in total. The van der Waals surface area contributed by atoms with E-state index in [9.17, 15) is 13.2 Å². The minimum atomic E-state index is -3.88. The van der Waals surface area contributed by atoms with Crippen LogP contribution in [-0.4, -0.2) is 51.9 Å². The predicted octanol–water partition coefficient (Wildman–Crippen LogP) is 0.704. The number of carbonyl (C=O) groups excluding carboxylic acids is 1. The maximum atomic E-state index is 12.2. The number of benzene rings is 1. The summed E-state index contributed by atoms with van der Waals surface area (Å²) in [5.74, 6) is -0.266. The van der Waals surface area contributed by atoms with Crippen LogP contribution in [0.1, 0.15) is 0 Å². The van der Waals surface area contributed by atoms with Crippen molar-refractivity contribution in [3.8, 4) is 0 Å². The molecule has 1 aliphatic heterocycles. The summed E-state index contributed by atoms with van der Waals surface area (Å²) in [6.45, 7) is 2.25. The molecule has 1 fully saturated rings. The van der Waals surface area contributed by atoms with Gasteiger partial charge in [0.1, 0.15) is 4.90 Å². The predicted molar refractivity (Wildman–Crippen MR) is 81.1 cm³/mol. The molecule has 0 aliphatic carbocycles. The summed E-state index contributed by atoms with van der Waals surface area (Å²) in [5, 5.41) is 3.21. The Morgan fingerprint density at radius 2 is 1.95 bits per heavy atom. The second kappa shape index (κ2) is 6.93. The van der Waals surface area contributed by atoms with Crippen molar-refractivity contribution in [1.82, 2.24) is 14.9 Å². The van der Waals surface area contributed by atoms with E-state index in [1.54, 1.807) is 4.90 Å². The first-order chi connectivity index (χ1) is 9.92. The normalized spacial score (nSPS) is 16.0. The Bertz CT molecular complexity index is 631. The third kappa shape index (κ3) is 4.08. The highest BCUT2D eigenvalue weighted by molar-refractivity contribution is 7.89. The van der Waals surface area contributed by atoms with Gasteiger partial charge in [-0.3, -0.25) is 4.79 Å². The van der Waals surface area contributed by atoms with E-state index in [4.69, 9.17) is 23.2 Å². The number of halogens is 2. The topological polar surface area (TPSA) is 78.5 Å². The number of hydrogen-bond acceptors (Lipinski definition) is 4. The van der Waals surface area contributed by atoms with Gasteiger partial charge in [-0.25, -0.2) is 13.1 Å². The molecule has 0 atom stereocenters. The molecule has 2 N–H and O–H groups in total. The van der Waals surface area contributed by atoms with Gasteiger partial charge in [0.05, 0.1) is 16.6 Å². The molecule has 1 aromatic rings. The second-order valence-electron chi connectivity index (χ2n) is 4.51. The molecule has 0 aromatic heterocycles. The van der Waals surface area contributed by atoms with E-state index in [0.717, 1.165) is 0 Å². The van der Waals surface area contributed by atoms with Crippen LogP contribution in [-0.2, 0) is 14.8 Å². The van der Waals surface area contributed by atoms with Crippen molar-refractivity contribution in [3.63, 3.8) is 0 Å². The van der Waals surface area contributed by atoms with Crippen LogP contribution in [0, 0.1) is 0 Å². The summed E-state index contributed by atoms with van der Waals surface area (Å²) in [7, 11) is -3.88. The van der Waals surface area contributed by atoms with E-state index < -0.39 is 10.0 Å². The lowest BCUT2D eigenvalue weighted by molar-refractivity contribution is -0.130. The lowest BCUT2D eigenvalue weighted by atomic mass is 10.3. The lowest BCUT2D eigenvalue weighted by Crippen LogP contribution is -2.49. The molecule has 0 bridgehead atoms. The number of nitrogens with one attached hydrogen (secondary N) is 2. The minimum Gasteiger partial charge on any atom is -0.339 e. The average Bonchev–Trinajstić information content (AvgIpc) is 2.48. The smallest absolute Gasteiger partial charge is 0.242 e. The Hall–Kier alpha value is -0.860. The maximum absolute atomic E-state index is 12.2. The van der Waals surface area contributed by atoms with Crippen LogP contribution in [0.5, 0.6) is 0 Å². The number of nitrogens with zero attached hydrogens (tertiary/aromatic N) is 1. The maximum Gasteiger partial charge on any atom is 0.242 e. The van der Waals surface area contributed by atoms with Crippen LogP contribution >= 0.6 is 23.2 Å². The molecule has 0 unspecified atom stereocenters. The van der Waals surface area contributed by atoms with Gasteiger partial charge in [-0.2, -0.15) is 0 Å². The minimum absolute atomic E-state index is 0.0544. The van der Waals surface area contributed by atoms with E-state index in [1.807, 2.05) is 0 Å². The van der Waals surface area contributed by atoms with Gasteiger partial charge in [-0.1, -0.05) is 29.3 Å². The molecule has 0 saturated carbocycles. The summed E-state index contributed by atoms with van der Waals surface area (Å²) in [6.07, 6.45) is 0. The fraction of sp³-hybridized carbons (Fsp3) is 0.417. The summed E-state index contributed by atoms with van der Waals surface area (Å²) in [6, 6.07) is 4.32. The van der Waals surface area contributed by atoms with E-state index in [2.05, 4.69) is 10.0 Å². The molecule has 1 aliphatic rings.